The van der Waals surface area contributed by atoms with Crippen LogP contribution in [0.4, 0.5) is 10.7 Å². The van der Waals surface area contributed by atoms with Gasteiger partial charge in [-0.1, -0.05) is 109 Å². The second-order valence-corrected chi connectivity index (χ2v) is 16.4. The topological polar surface area (TPSA) is 156 Å². The van der Waals surface area contributed by atoms with Crippen molar-refractivity contribution in [3.63, 3.8) is 0 Å². The van der Waals surface area contributed by atoms with Crippen LogP contribution in [0.15, 0.2) is 114 Å². The van der Waals surface area contributed by atoms with Crippen molar-refractivity contribution in [1.82, 2.24) is 10.3 Å². The number of alkyl carbamates (subject to hydrolysis) is 1. The minimum absolute atomic E-state index is 0.0262. The summed E-state index contributed by atoms with van der Waals surface area (Å²) in [5, 5.41) is 16.5. The molecule has 13 heteroatoms. The summed E-state index contributed by atoms with van der Waals surface area (Å²) < 4.78 is 38.7. The number of nitriles is 1. The van der Waals surface area contributed by atoms with E-state index in [2.05, 4.69) is 21.7 Å². The van der Waals surface area contributed by atoms with Gasteiger partial charge < -0.3 is 28.5 Å². The van der Waals surface area contributed by atoms with Crippen molar-refractivity contribution < 1.29 is 32.4 Å². The summed E-state index contributed by atoms with van der Waals surface area (Å²) in [7, 11) is -4.37. The maximum absolute atomic E-state index is 14.8. The highest BCUT2D eigenvalue weighted by Crippen LogP contribution is 2.52. The fourth-order valence-electron chi connectivity index (χ4n) is 7.15. The number of rotatable bonds is 13. The Balaban J connectivity index is 1.26. The van der Waals surface area contributed by atoms with Gasteiger partial charge in [-0.25, -0.2) is 4.79 Å². The number of fused-ring (bicyclic) bond motifs is 4. The van der Waals surface area contributed by atoms with Crippen molar-refractivity contribution in [2.45, 2.75) is 58.3 Å². The van der Waals surface area contributed by atoms with Crippen LogP contribution >= 0.6 is 19.8 Å². The Morgan fingerprint density at radius 3 is 2.11 bits per heavy atom. The number of aromatic amines is 1. The second-order valence-electron chi connectivity index (χ2n) is 14.2. The summed E-state index contributed by atoms with van der Waals surface area (Å²) in [6.07, 6.45) is -0.244. The molecule has 2 aromatic heterocycles. The Kier molecular flexibility index (Phi) is 11.6. The molecule has 1 aliphatic carbocycles. The van der Waals surface area contributed by atoms with Gasteiger partial charge in [-0.15, -0.1) is 0 Å². The molecular formula is C44H41N4O7PS. The lowest BCUT2D eigenvalue weighted by Gasteiger charge is -2.26. The average Bonchev–Trinajstić information content (AvgIpc) is 3.74. The number of benzene rings is 4. The van der Waals surface area contributed by atoms with E-state index in [0.717, 1.165) is 38.7 Å². The summed E-state index contributed by atoms with van der Waals surface area (Å²) in [4.78, 5) is 31.6. The van der Waals surface area contributed by atoms with Gasteiger partial charge >= 0.3 is 13.7 Å². The number of amides is 2. The Hall–Kier alpha value is -5.83. The first-order chi connectivity index (χ1) is 27.5. The largest absolute Gasteiger partial charge is 0.449 e. The molecule has 4 aromatic carbocycles. The Labute approximate surface area is 335 Å². The van der Waals surface area contributed by atoms with Crippen LogP contribution in [0.2, 0.25) is 0 Å². The summed E-state index contributed by atoms with van der Waals surface area (Å²) in [5.74, 6) is -1.24. The highest BCUT2D eigenvalue weighted by Gasteiger charge is 2.39. The third-order valence-electron chi connectivity index (χ3n) is 9.50. The van der Waals surface area contributed by atoms with Crippen molar-refractivity contribution >= 4 is 53.9 Å². The van der Waals surface area contributed by atoms with Gasteiger partial charge in [0.25, 0.3) is 0 Å². The zero-order chi connectivity index (χ0) is 40.3. The van der Waals surface area contributed by atoms with Crippen LogP contribution < -0.4 is 15.9 Å². The number of carbonyl (C=O) groups excluding carboxylic acids is 2. The molecule has 290 valence electrons. The van der Waals surface area contributed by atoms with Crippen LogP contribution in [0, 0.1) is 15.8 Å². The minimum atomic E-state index is -4.37. The number of carbonyl (C=O) groups is 2. The summed E-state index contributed by atoms with van der Waals surface area (Å²) in [6, 6.07) is 33.2. The van der Waals surface area contributed by atoms with Gasteiger partial charge in [-0.2, -0.15) is 5.26 Å². The molecule has 0 saturated carbocycles. The number of aromatic nitrogens is 1. The Bertz CT molecular complexity index is 2550. The number of nitrogens with one attached hydrogen (secondary N) is 3. The van der Waals surface area contributed by atoms with Gasteiger partial charge in [0, 0.05) is 35.0 Å². The highest BCUT2D eigenvalue weighted by molar-refractivity contribution is 7.73. The van der Waals surface area contributed by atoms with E-state index in [1.165, 1.54) is 0 Å². The molecule has 1 atom stereocenters. The van der Waals surface area contributed by atoms with Crippen molar-refractivity contribution in [2.24, 2.45) is 0 Å². The molecule has 0 spiro atoms. The highest BCUT2D eigenvalue weighted by atomic mass is 32.1. The van der Waals surface area contributed by atoms with E-state index in [4.69, 9.17) is 30.4 Å². The standard InChI is InChI=1S/C44H41N4O7PS/c1-26(2)54-56(51,55-27(3)4)40-41(57)35(23-45)39(28-14-6-5-7-15-28)53-43(40)48-42(49)38(22-29-24-46-37-21-13-12-16-30(29)37)47-44(50)52-25-36-33-19-10-8-17-31(33)32-18-9-11-20-34(32)36/h5-21,24,26-27,36,38,46H,22,25H2,1-4H3,(H,47,50)(H,48,49)/t38-/m0/s1. The third-order valence-corrected chi connectivity index (χ3v) is 12.4. The van der Waals surface area contributed by atoms with E-state index in [1.54, 1.807) is 64.2 Å². The molecule has 6 aromatic rings. The number of hydrogen-bond donors (Lipinski definition) is 3. The van der Waals surface area contributed by atoms with Crippen molar-refractivity contribution in [2.75, 3.05) is 11.9 Å². The molecule has 3 N–H and O–H groups in total. The lowest BCUT2D eigenvalue weighted by Crippen LogP contribution is -2.46. The lowest BCUT2D eigenvalue weighted by molar-refractivity contribution is -0.118. The monoisotopic (exact) mass is 800 g/mol. The molecule has 0 bridgehead atoms. The molecule has 2 amide bonds. The molecule has 2 heterocycles. The predicted octanol–water partition coefficient (Wildman–Crippen LogP) is 9.79. The summed E-state index contributed by atoms with van der Waals surface area (Å²) >= 11 is 5.84. The molecule has 7 rings (SSSR count). The molecule has 11 nitrogen and oxygen atoms in total. The average molecular weight is 801 g/mol. The molecule has 0 saturated heterocycles. The van der Waals surface area contributed by atoms with Crippen molar-refractivity contribution in [3.8, 4) is 28.5 Å². The molecule has 57 heavy (non-hydrogen) atoms. The van der Waals surface area contributed by atoms with Gasteiger partial charge in [0.2, 0.25) is 11.8 Å². The Morgan fingerprint density at radius 1 is 0.877 bits per heavy atom. The first-order valence-electron chi connectivity index (χ1n) is 18.6. The number of nitrogens with zero attached hydrogens (tertiary/aromatic N) is 1. The SMILES string of the molecule is CC(C)OP(=O)(OC(C)C)c1c(NC(=O)[C@H](Cc2c[nH]c3ccccc23)NC(=O)OCC2c3ccccc3-c3ccccc32)oc(-c2ccccc2)c(C#N)c1=S. The molecule has 0 radical (unpaired) electrons. The quantitative estimate of drug-likeness (QED) is 0.0765. The summed E-state index contributed by atoms with van der Waals surface area (Å²) in [6.45, 7) is 6.72. The maximum atomic E-state index is 14.8. The lowest BCUT2D eigenvalue weighted by atomic mass is 9.98. The minimum Gasteiger partial charge on any atom is -0.449 e. The van der Waals surface area contributed by atoms with Crippen LogP contribution in [-0.2, 0) is 29.6 Å². The number of anilines is 1. The number of ether oxygens (including phenoxy) is 1. The fraction of sp³-hybridized carbons (Fsp3) is 0.227. The van der Waals surface area contributed by atoms with E-state index in [0.29, 0.717) is 5.56 Å². The zero-order valence-corrected chi connectivity index (χ0v) is 33.5. The van der Waals surface area contributed by atoms with E-state index in [9.17, 15) is 19.4 Å². The molecule has 0 fully saturated rings. The smallest absolute Gasteiger partial charge is 0.407 e. The zero-order valence-electron chi connectivity index (χ0n) is 31.8. The summed E-state index contributed by atoms with van der Waals surface area (Å²) in [5.41, 5.74) is 6.23. The van der Waals surface area contributed by atoms with Crippen molar-refractivity contribution in [3.05, 3.63) is 136 Å². The maximum Gasteiger partial charge on any atom is 0.407 e. The molecule has 0 aliphatic heterocycles. The number of H-pyrrole nitrogens is 1. The van der Waals surface area contributed by atoms with Crippen molar-refractivity contribution in [1.29, 1.82) is 5.26 Å². The van der Waals surface area contributed by atoms with Crippen LogP contribution in [0.1, 0.15) is 55.9 Å². The third kappa shape index (κ3) is 8.20. The van der Waals surface area contributed by atoms with Gasteiger partial charge in [0.15, 0.2) is 5.76 Å². The van der Waals surface area contributed by atoms with E-state index in [-0.39, 0.29) is 46.0 Å². The van der Waals surface area contributed by atoms with Crippen LogP contribution in [0.25, 0.3) is 33.4 Å². The Morgan fingerprint density at radius 2 is 1.47 bits per heavy atom. The van der Waals surface area contributed by atoms with E-state index >= 15 is 0 Å². The second kappa shape index (κ2) is 16.7. The number of para-hydroxylation sites is 1. The predicted molar refractivity (Wildman–Crippen MR) is 222 cm³/mol. The molecule has 0 unspecified atom stereocenters. The van der Waals surface area contributed by atoms with Crippen LogP contribution in [0.3, 0.4) is 0 Å². The van der Waals surface area contributed by atoms with Gasteiger partial charge in [-0.05, 0) is 61.6 Å². The first-order valence-corrected chi connectivity index (χ1v) is 20.5. The van der Waals surface area contributed by atoms with Gasteiger partial charge in [-0.3, -0.25) is 14.7 Å². The van der Waals surface area contributed by atoms with E-state index in [1.807, 2.05) is 72.8 Å². The number of hydrogen-bond acceptors (Lipinski definition) is 9. The molecular weight excluding hydrogens is 760 g/mol. The normalized spacial score (nSPS) is 12.9. The molecule has 1 aliphatic rings. The van der Waals surface area contributed by atoms with Crippen LogP contribution in [0.5, 0.6) is 0 Å². The van der Waals surface area contributed by atoms with E-state index < -0.39 is 37.8 Å². The van der Waals surface area contributed by atoms with Gasteiger partial charge in [0.05, 0.1) is 16.7 Å². The van der Waals surface area contributed by atoms with Gasteiger partial charge in [0.1, 0.15) is 29.6 Å². The fourth-order valence-corrected chi connectivity index (χ4v) is 9.80. The van der Waals surface area contributed by atoms with Crippen LogP contribution in [-0.4, -0.2) is 41.8 Å². The first kappa shape index (κ1) is 39.4.